The van der Waals surface area contributed by atoms with E-state index in [4.69, 9.17) is 9.47 Å². The van der Waals surface area contributed by atoms with Gasteiger partial charge in [0, 0.05) is 24.7 Å². The van der Waals surface area contributed by atoms with Crippen LogP contribution < -0.4 is 10.1 Å². The summed E-state index contributed by atoms with van der Waals surface area (Å²) < 4.78 is 10.7. The molecule has 4 heteroatoms. The van der Waals surface area contributed by atoms with E-state index in [1.54, 1.807) is 7.11 Å². The molecule has 0 fully saturated rings. The first kappa shape index (κ1) is 14.6. The fourth-order valence-corrected chi connectivity index (χ4v) is 2.65. The number of hydrogen-bond acceptors (Lipinski definition) is 3. The standard InChI is InChI=1S/C18H19NO3/c1-21-12-13-6-8-14(9-7-13)18(20)19-16-10-11-22-17-5-3-2-4-15(16)17/h2-9,16H,10-12H2,1H3,(H,19,20)/t16-/m0/s1. The maximum absolute atomic E-state index is 12.4. The molecule has 3 rings (SSSR count). The molecular weight excluding hydrogens is 278 g/mol. The lowest BCUT2D eigenvalue weighted by molar-refractivity contribution is 0.0924. The number of ether oxygens (including phenoxy) is 2. The molecular formula is C18H19NO3. The Morgan fingerprint density at radius 1 is 1.23 bits per heavy atom. The molecule has 1 heterocycles. The van der Waals surface area contributed by atoms with Crippen molar-refractivity contribution in [2.45, 2.75) is 19.1 Å². The molecule has 2 aromatic carbocycles. The molecule has 1 atom stereocenters. The third kappa shape index (κ3) is 3.12. The number of hydrogen-bond donors (Lipinski definition) is 1. The van der Waals surface area contributed by atoms with Gasteiger partial charge >= 0.3 is 0 Å². The molecule has 0 radical (unpaired) electrons. The Kier molecular flexibility index (Phi) is 4.39. The van der Waals surface area contributed by atoms with E-state index in [9.17, 15) is 4.79 Å². The van der Waals surface area contributed by atoms with Crippen LogP contribution in [0.3, 0.4) is 0 Å². The molecule has 1 aliphatic rings. The first-order valence-corrected chi connectivity index (χ1v) is 7.38. The van der Waals surface area contributed by atoms with Crippen molar-refractivity contribution in [3.05, 3.63) is 65.2 Å². The summed E-state index contributed by atoms with van der Waals surface area (Å²) in [4.78, 5) is 12.4. The highest BCUT2D eigenvalue weighted by Crippen LogP contribution is 2.31. The summed E-state index contributed by atoms with van der Waals surface area (Å²) in [7, 11) is 1.66. The average Bonchev–Trinajstić information content (AvgIpc) is 2.56. The number of benzene rings is 2. The normalized spacial score (nSPS) is 16.5. The Morgan fingerprint density at radius 3 is 2.77 bits per heavy atom. The predicted octanol–water partition coefficient (Wildman–Crippen LogP) is 3.09. The highest BCUT2D eigenvalue weighted by Gasteiger charge is 2.22. The monoisotopic (exact) mass is 297 g/mol. The molecule has 0 spiro atoms. The molecule has 1 N–H and O–H groups in total. The zero-order chi connectivity index (χ0) is 15.4. The zero-order valence-electron chi connectivity index (χ0n) is 12.5. The first-order valence-electron chi connectivity index (χ1n) is 7.38. The summed E-state index contributed by atoms with van der Waals surface area (Å²) in [5, 5.41) is 3.09. The minimum atomic E-state index is -0.0642. The Labute approximate surface area is 130 Å². The summed E-state index contributed by atoms with van der Waals surface area (Å²) >= 11 is 0. The maximum Gasteiger partial charge on any atom is 0.251 e. The van der Waals surface area contributed by atoms with Crippen LogP contribution in [0.25, 0.3) is 0 Å². The van der Waals surface area contributed by atoms with Gasteiger partial charge < -0.3 is 14.8 Å². The van der Waals surface area contributed by atoms with Gasteiger partial charge in [-0.25, -0.2) is 0 Å². The van der Waals surface area contributed by atoms with Crippen LogP contribution in [0.1, 0.15) is 33.9 Å². The highest BCUT2D eigenvalue weighted by molar-refractivity contribution is 5.94. The van der Waals surface area contributed by atoms with E-state index in [1.807, 2.05) is 48.5 Å². The van der Waals surface area contributed by atoms with E-state index >= 15 is 0 Å². The molecule has 22 heavy (non-hydrogen) atoms. The second kappa shape index (κ2) is 6.62. The van der Waals surface area contributed by atoms with Gasteiger partial charge in [-0.3, -0.25) is 4.79 Å². The van der Waals surface area contributed by atoms with E-state index in [-0.39, 0.29) is 11.9 Å². The van der Waals surface area contributed by atoms with E-state index in [0.29, 0.717) is 18.8 Å². The Hall–Kier alpha value is -2.33. The van der Waals surface area contributed by atoms with Crippen molar-refractivity contribution in [1.29, 1.82) is 0 Å². The number of para-hydroxylation sites is 1. The zero-order valence-corrected chi connectivity index (χ0v) is 12.5. The van der Waals surface area contributed by atoms with E-state index in [1.165, 1.54) is 0 Å². The summed E-state index contributed by atoms with van der Waals surface area (Å²) in [5.41, 5.74) is 2.75. The highest BCUT2D eigenvalue weighted by atomic mass is 16.5. The number of nitrogens with one attached hydrogen (secondary N) is 1. The summed E-state index contributed by atoms with van der Waals surface area (Å²) in [5.74, 6) is 0.792. The second-order valence-electron chi connectivity index (χ2n) is 5.33. The minimum absolute atomic E-state index is 0.00361. The van der Waals surface area contributed by atoms with Gasteiger partial charge in [0.15, 0.2) is 0 Å². The number of fused-ring (bicyclic) bond motifs is 1. The lowest BCUT2D eigenvalue weighted by Crippen LogP contribution is -2.32. The van der Waals surface area contributed by atoms with Gasteiger partial charge in [-0.05, 0) is 23.8 Å². The Balaban J connectivity index is 1.72. The lowest BCUT2D eigenvalue weighted by atomic mass is 10.00. The number of carbonyl (C=O) groups excluding carboxylic acids is 1. The largest absolute Gasteiger partial charge is 0.493 e. The lowest BCUT2D eigenvalue weighted by Gasteiger charge is -2.26. The van der Waals surface area contributed by atoms with Crippen LogP contribution in [-0.4, -0.2) is 19.6 Å². The van der Waals surface area contributed by atoms with E-state index in [0.717, 1.165) is 23.3 Å². The molecule has 2 aromatic rings. The molecule has 0 unspecified atom stereocenters. The van der Waals surface area contributed by atoms with Gasteiger partial charge in [-0.15, -0.1) is 0 Å². The summed E-state index contributed by atoms with van der Waals surface area (Å²) in [6.07, 6.45) is 0.782. The Bertz CT molecular complexity index is 652. The molecule has 1 aliphatic heterocycles. The molecule has 1 amide bonds. The van der Waals surface area contributed by atoms with Crippen molar-refractivity contribution in [2.24, 2.45) is 0 Å². The van der Waals surface area contributed by atoms with Gasteiger partial charge in [-0.1, -0.05) is 30.3 Å². The van der Waals surface area contributed by atoms with Gasteiger partial charge in [0.05, 0.1) is 19.3 Å². The van der Waals surface area contributed by atoms with Crippen molar-refractivity contribution in [3.63, 3.8) is 0 Å². The van der Waals surface area contributed by atoms with Crippen LogP contribution >= 0.6 is 0 Å². The third-order valence-corrected chi connectivity index (χ3v) is 3.79. The van der Waals surface area contributed by atoms with Crippen molar-refractivity contribution in [3.8, 4) is 5.75 Å². The molecule has 0 aromatic heterocycles. The van der Waals surface area contributed by atoms with Crippen molar-refractivity contribution < 1.29 is 14.3 Å². The van der Waals surface area contributed by atoms with Crippen LogP contribution in [0.5, 0.6) is 5.75 Å². The quantitative estimate of drug-likeness (QED) is 0.943. The van der Waals surface area contributed by atoms with Gasteiger partial charge in [-0.2, -0.15) is 0 Å². The van der Waals surface area contributed by atoms with Crippen LogP contribution in [0.4, 0.5) is 0 Å². The summed E-state index contributed by atoms with van der Waals surface area (Å²) in [6, 6.07) is 15.3. The Morgan fingerprint density at radius 2 is 2.00 bits per heavy atom. The predicted molar refractivity (Wildman–Crippen MR) is 83.9 cm³/mol. The molecule has 0 bridgehead atoms. The van der Waals surface area contributed by atoms with Crippen molar-refractivity contribution >= 4 is 5.91 Å². The first-order chi connectivity index (χ1) is 10.8. The SMILES string of the molecule is COCc1ccc(C(=O)N[C@H]2CCOc3ccccc32)cc1. The van der Waals surface area contributed by atoms with Gasteiger partial charge in [0.1, 0.15) is 5.75 Å². The maximum atomic E-state index is 12.4. The third-order valence-electron chi connectivity index (χ3n) is 3.79. The van der Waals surface area contributed by atoms with E-state index < -0.39 is 0 Å². The van der Waals surface area contributed by atoms with E-state index in [2.05, 4.69) is 5.32 Å². The fraction of sp³-hybridized carbons (Fsp3) is 0.278. The van der Waals surface area contributed by atoms with Crippen molar-refractivity contribution in [2.75, 3.05) is 13.7 Å². The van der Waals surface area contributed by atoms with Crippen LogP contribution in [0, 0.1) is 0 Å². The van der Waals surface area contributed by atoms with Crippen molar-refractivity contribution in [1.82, 2.24) is 5.32 Å². The number of carbonyl (C=O) groups is 1. The molecule has 0 saturated heterocycles. The molecule has 4 nitrogen and oxygen atoms in total. The van der Waals surface area contributed by atoms with Gasteiger partial charge in [0.25, 0.3) is 5.91 Å². The number of rotatable bonds is 4. The smallest absolute Gasteiger partial charge is 0.251 e. The molecule has 0 saturated carbocycles. The number of methoxy groups -OCH3 is 1. The average molecular weight is 297 g/mol. The molecule has 0 aliphatic carbocycles. The topological polar surface area (TPSA) is 47.6 Å². The number of amides is 1. The van der Waals surface area contributed by atoms with Gasteiger partial charge in [0.2, 0.25) is 0 Å². The molecule has 114 valence electrons. The minimum Gasteiger partial charge on any atom is -0.493 e. The summed E-state index contributed by atoms with van der Waals surface area (Å²) in [6.45, 7) is 1.17. The van der Waals surface area contributed by atoms with Crippen LogP contribution in [-0.2, 0) is 11.3 Å². The second-order valence-corrected chi connectivity index (χ2v) is 5.33. The van der Waals surface area contributed by atoms with Crippen LogP contribution in [0.15, 0.2) is 48.5 Å². The van der Waals surface area contributed by atoms with Crippen LogP contribution in [0.2, 0.25) is 0 Å². The fourth-order valence-electron chi connectivity index (χ4n) is 2.65.